The van der Waals surface area contributed by atoms with E-state index in [1.165, 1.54) is 10.4 Å². The molecule has 4 rings (SSSR count). The van der Waals surface area contributed by atoms with Crippen molar-refractivity contribution < 1.29 is 19.1 Å². The molecule has 30 heavy (non-hydrogen) atoms. The number of nitrogens with zero attached hydrogens (tertiary/aromatic N) is 1. The number of fused-ring (bicyclic) bond motifs is 1. The second-order valence-corrected chi connectivity index (χ2v) is 8.92. The summed E-state index contributed by atoms with van der Waals surface area (Å²) in [5.41, 5.74) is 2.00. The number of rotatable bonds is 6. The van der Waals surface area contributed by atoms with E-state index in [1.54, 1.807) is 23.5 Å². The van der Waals surface area contributed by atoms with Crippen molar-refractivity contribution >= 4 is 28.8 Å². The van der Waals surface area contributed by atoms with Crippen LogP contribution in [0.5, 0.6) is 11.5 Å². The quantitative estimate of drug-likeness (QED) is 0.736. The van der Waals surface area contributed by atoms with E-state index in [4.69, 9.17) is 9.47 Å². The average molecular weight is 429 g/mol. The molecule has 2 amide bonds. The lowest BCUT2D eigenvalue weighted by Crippen LogP contribution is -2.41. The molecule has 0 atom stereocenters. The van der Waals surface area contributed by atoms with Crippen LogP contribution >= 0.6 is 11.3 Å². The fourth-order valence-corrected chi connectivity index (χ4v) is 5.35. The van der Waals surface area contributed by atoms with Crippen LogP contribution in [0.1, 0.15) is 53.2 Å². The monoisotopic (exact) mass is 428 g/mol. The van der Waals surface area contributed by atoms with E-state index in [0.29, 0.717) is 43.1 Å². The molecule has 0 radical (unpaired) electrons. The predicted molar refractivity (Wildman–Crippen MR) is 118 cm³/mol. The summed E-state index contributed by atoms with van der Waals surface area (Å²) < 4.78 is 10.7. The predicted octanol–water partition coefficient (Wildman–Crippen LogP) is 4.48. The number of hydrogen-bond acceptors (Lipinski definition) is 5. The van der Waals surface area contributed by atoms with Gasteiger partial charge in [0, 0.05) is 35.6 Å². The van der Waals surface area contributed by atoms with Gasteiger partial charge in [0.05, 0.1) is 4.88 Å². The van der Waals surface area contributed by atoms with Gasteiger partial charge < -0.3 is 19.7 Å². The van der Waals surface area contributed by atoms with Crippen molar-refractivity contribution in [2.75, 3.05) is 25.2 Å². The largest absolute Gasteiger partial charge is 0.454 e. The van der Waals surface area contributed by atoms with Gasteiger partial charge in [-0.2, -0.15) is 0 Å². The maximum atomic E-state index is 13.0. The summed E-state index contributed by atoms with van der Waals surface area (Å²) in [6, 6.07) is 7.48. The summed E-state index contributed by atoms with van der Waals surface area (Å²) in [6.07, 6.45) is 4.43. The summed E-state index contributed by atoms with van der Waals surface area (Å²) in [4.78, 5) is 29.7. The van der Waals surface area contributed by atoms with Crippen molar-refractivity contribution in [2.24, 2.45) is 5.92 Å². The minimum absolute atomic E-state index is 0.00408. The first-order chi connectivity index (χ1) is 14.6. The second-order valence-electron chi connectivity index (χ2n) is 7.79. The van der Waals surface area contributed by atoms with Crippen LogP contribution in [0, 0.1) is 5.92 Å². The fraction of sp³-hybridized carbons (Fsp3) is 0.478. The highest BCUT2D eigenvalue weighted by atomic mass is 32.1. The van der Waals surface area contributed by atoms with Crippen molar-refractivity contribution in [1.29, 1.82) is 0 Å². The number of hydrogen-bond donors (Lipinski definition) is 1. The van der Waals surface area contributed by atoms with Crippen LogP contribution in [0.3, 0.4) is 0 Å². The molecular weight excluding hydrogens is 400 g/mol. The third-order valence-corrected chi connectivity index (χ3v) is 6.98. The number of ether oxygens (including phenoxy) is 2. The number of carbonyl (C=O) groups excluding carboxylic acids is 2. The molecule has 0 unspecified atom stereocenters. The number of aryl methyl sites for hydroxylation is 2. The molecular formula is C23H28N2O4S. The molecule has 0 bridgehead atoms. The first-order valence-electron chi connectivity index (χ1n) is 10.7. The molecule has 0 aliphatic carbocycles. The lowest BCUT2D eigenvalue weighted by atomic mass is 9.95. The Hall–Kier alpha value is -2.54. The Kier molecular flexibility index (Phi) is 6.27. The summed E-state index contributed by atoms with van der Waals surface area (Å²) in [6.45, 7) is 5.74. The Morgan fingerprint density at radius 1 is 1.13 bits per heavy atom. The lowest BCUT2D eigenvalue weighted by Gasteiger charge is -2.31. The topological polar surface area (TPSA) is 67.9 Å². The van der Waals surface area contributed by atoms with E-state index >= 15 is 0 Å². The van der Waals surface area contributed by atoms with Gasteiger partial charge in [0.1, 0.15) is 0 Å². The molecule has 2 aliphatic rings. The summed E-state index contributed by atoms with van der Waals surface area (Å²) >= 11 is 1.64. The molecule has 1 aromatic heterocycles. The van der Waals surface area contributed by atoms with Gasteiger partial charge in [-0.3, -0.25) is 9.59 Å². The van der Waals surface area contributed by atoms with E-state index < -0.39 is 0 Å². The smallest absolute Gasteiger partial charge is 0.263 e. The Balaban J connectivity index is 1.33. The minimum atomic E-state index is -0.0929. The number of carbonyl (C=O) groups is 2. The van der Waals surface area contributed by atoms with Crippen LogP contribution in [0.4, 0.5) is 5.69 Å². The number of nitrogens with one attached hydrogen (secondary N) is 1. The van der Waals surface area contributed by atoms with E-state index in [0.717, 1.165) is 24.1 Å². The van der Waals surface area contributed by atoms with Crippen molar-refractivity contribution in [1.82, 2.24) is 4.90 Å². The third-order valence-electron chi connectivity index (χ3n) is 5.76. The number of anilines is 1. The van der Waals surface area contributed by atoms with Crippen molar-refractivity contribution in [2.45, 2.75) is 46.0 Å². The van der Waals surface area contributed by atoms with Gasteiger partial charge in [-0.25, -0.2) is 0 Å². The van der Waals surface area contributed by atoms with Crippen LogP contribution < -0.4 is 14.8 Å². The van der Waals surface area contributed by atoms with Gasteiger partial charge in [-0.15, -0.1) is 11.3 Å². The standard InChI is InChI=1S/C23H28N2O4S/c1-3-5-20-15(4-2)12-21(30-20)23(27)25-10-8-16(9-11-25)22(26)24-17-6-7-18-19(13-17)29-14-28-18/h6-7,12-13,16H,3-5,8-11,14H2,1-2H3,(H,24,26). The number of piperidine rings is 1. The third kappa shape index (κ3) is 4.31. The Morgan fingerprint density at radius 2 is 1.90 bits per heavy atom. The zero-order valence-electron chi connectivity index (χ0n) is 17.5. The SMILES string of the molecule is CCCc1sc(C(=O)N2CCC(C(=O)Nc3ccc4c(c3)OCO4)CC2)cc1CC. The first-order valence-corrected chi connectivity index (χ1v) is 11.5. The van der Waals surface area contributed by atoms with Crippen LogP contribution in [-0.2, 0) is 17.6 Å². The van der Waals surface area contributed by atoms with Crippen LogP contribution in [0.25, 0.3) is 0 Å². The van der Waals surface area contributed by atoms with E-state index in [9.17, 15) is 9.59 Å². The highest BCUT2D eigenvalue weighted by Crippen LogP contribution is 2.34. The van der Waals surface area contributed by atoms with Crippen molar-refractivity contribution in [3.63, 3.8) is 0 Å². The van der Waals surface area contributed by atoms with Gasteiger partial charge >= 0.3 is 0 Å². The van der Waals surface area contributed by atoms with Gasteiger partial charge in [0.15, 0.2) is 11.5 Å². The molecule has 7 heteroatoms. The van der Waals surface area contributed by atoms with Gasteiger partial charge in [-0.1, -0.05) is 20.3 Å². The summed E-state index contributed by atoms with van der Waals surface area (Å²) in [5, 5.41) is 2.97. The number of likely N-dealkylation sites (tertiary alicyclic amines) is 1. The number of amides is 2. The molecule has 6 nitrogen and oxygen atoms in total. The van der Waals surface area contributed by atoms with Gasteiger partial charge in [-0.05, 0) is 49.4 Å². The van der Waals surface area contributed by atoms with Gasteiger partial charge in [0.2, 0.25) is 12.7 Å². The number of thiophene rings is 1. The average Bonchev–Trinajstić information content (AvgIpc) is 3.40. The highest BCUT2D eigenvalue weighted by Gasteiger charge is 2.29. The van der Waals surface area contributed by atoms with Crippen molar-refractivity contribution in [3.05, 3.63) is 39.6 Å². The molecule has 2 aromatic rings. The Labute approximate surface area is 181 Å². The zero-order valence-corrected chi connectivity index (χ0v) is 18.3. The van der Waals surface area contributed by atoms with Crippen LogP contribution in [0.15, 0.2) is 24.3 Å². The zero-order chi connectivity index (χ0) is 21.1. The maximum Gasteiger partial charge on any atom is 0.263 e. The normalized spacial score (nSPS) is 16.0. The molecule has 1 aromatic carbocycles. The molecule has 160 valence electrons. The molecule has 0 spiro atoms. The van der Waals surface area contributed by atoms with Crippen molar-refractivity contribution in [3.8, 4) is 11.5 Å². The molecule has 1 N–H and O–H groups in total. The molecule has 0 saturated carbocycles. The molecule has 3 heterocycles. The minimum Gasteiger partial charge on any atom is -0.454 e. The van der Waals surface area contributed by atoms with Crippen LogP contribution in [0.2, 0.25) is 0 Å². The highest BCUT2D eigenvalue weighted by molar-refractivity contribution is 7.14. The molecule has 1 saturated heterocycles. The summed E-state index contributed by atoms with van der Waals surface area (Å²) in [7, 11) is 0. The van der Waals surface area contributed by atoms with Crippen LogP contribution in [-0.4, -0.2) is 36.6 Å². The summed E-state index contributed by atoms with van der Waals surface area (Å²) in [5.74, 6) is 1.35. The number of benzene rings is 1. The van der Waals surface area contributed by atoms with E-state index in [2.05, 4.69) is 25.2 Å². The maximum absolute atomic E-state index is 13.0. The van der Waals surface area contributed by atoms with E-state index in [-0.39, 0.29) is 24.5 Å². The fourth-order valence-electron chi connectivity index (χ4n) is 4.03. The lowest BCUT2D eigenvalue weighted by molar-refractivity contribution is -0.121. The second kappa shape index (κ2) is 9.08. The molecule has 1 fully saturated rings. The van der Waals surface area contributed by atoms with E-state index in [1.807, 2.05) is 11.0 Å². The molecule has 2 aliphatic heterocycles. The Morgan fingerprint density at radius 3 is 2.63 bits per heavy atom. The first kappa shape index (κ1) is 20.7. The Bertz CT molecular complexity index is 931. The van der Waals surface area contributed by atoms with Gasteiger partial charge in [0.25, 0.3) is 5.91 Å².